The van der Waals surface area contributed by atoms with Crippen molar-refractivity contribution in [1.29, 1.82) is 0 Å². The lowest BCUT2D eigenvalue weighted by molar-refractivity contribution is -0.130. The fourth-order valence-corrected chi connectivity index (χ4v) is 3.40. The van der Waals surface area contributed by atoms with Gasteiger partial charge in [0.25, 0.3) is 0 Å². The Kier molecular flexibility index (Phi) is 5.80. The van der Waals surface area contributed by atoms with Crippen LogP contribution in [0.4, 0.5) is 5.69 Å². The Morgan fingerprint density at radius 3 is 2.30 bits per heavy atom. The van der Waals surface area contributed by atoms with Crippen LogP contribution in [0.15, 0.2) is 30.3 Å². The molecule has 4 nitrogen and oxygen atoms in total. The fourth-order valence-electron chi connectivity index (χ4n) is 3.40. The summed E-state index contributed by atoms with van der Waals surface area (Å²) >= 11 is 0. The van der Waals surface area contributed by atoms with Crippen LogP contribution in [0.2, 0.25) is 0 Å². The standard InChI is InChI=1S/C19H28N2O2/c1-4-19(3,18(23)20-16-11-7-5-8-12-16)21(15(2)22)17-13-9-6-10-14-17/h6,9-10,13-14,16H,4-5,7-8,11-12H2,1-3H3,(H,20,23)/t19-/m0/s1. The SMILES string of the molecule is CC[C@@](C)(C(=O)NC1CCCCC1)N(C(C)=O)c1ccccc1. The average molecular weight is 316 g/mol. The van der Waals surface area contributed by atoms with Crippen LogP contribution in [0, 0.1) is 0 Å². The summed E-state index contributed by atoms with van der Waals surface area (Å²) in [6.45, 7) is 5.34. The van der Waals surface area contributed by atoms with Crippen LogP contribution in [-0.4, -0.2) is 23.4 Å². The number of benzene rings is 1. The molecule has 0 spiro atoms. The van der Waals surface area contributed by atoms with Gasteiger partial charge in [-0.05, 0) is 38.3 Å². The van der Waals surface area contributed by atoms with E-state index in [1.54, 1.807) is 4.90 Å². The van der Waals surface area contributed by atoms with Gasteiger partial charge in [-0.25, -0.2) is 0 Å². The Balaban J connectivity index is 2.24. The third-order valence-corrected chi connectivity index (χ3v) is 4.94. The zero-order valence-electron chi connectivity index (χ0n) is 14.5. The van der Waals surface area contributed by atoms with Crippen LogP contribution in [-0.2, 0) is 9.59 Å². The van der Waals surface area contributed by atoms with E-state index in [4.69, 9.17) is 0 Å². The van der Waals surface area contributed by atoms with Crippen LogP contribution < -0.4 is 10.2 Å². The van der Waals surface area contributed by atoms with Gasteiger partial charge in [-0.2, -0.15) is 0 Å². The second-order valence-corrected chi connectivity index (χ2v) is 6.63. The van der Waals surface area contributed by atoms with Gasteiger partial charge < -0.3 is 5.32 Å². The number of nitrogens with one attached hydrogen (secondary N) is 1. The molecule has 23 heavy (non-hydrogen) atoms. The van der Waals surface area contributed by atoms with E-state index < -0.39 is 5.54 Å². The van der Waals surface area contributed by atoms with E-state index in [0.29, 0.717) is 6.42 Å². The van der Waals surface area contributed by atoms with Crippen LogP contribution >= 0.6 is 0 Å². The number of hydrogen-bond acceptors (Lipinski definition) is 2. The maximum atomic E-state index is 13.0. The highest BCUT2D eigenvalue weighted by Gasteiger charge is 2.41. The van der Waals surface area contributed by atoms with Crippen LogP contribution in [0.3, 0.4) is 0 Å². The lowest BCUT2D eigenvalue weighted by Gasteiger charge is -2.40. The summed E-state index contributed by atoms with van der Waals surface area (Å²) in [6, 6.07) is 9.69. The fraction of sp³-hybridized carbons (Fsp3) is 0.579. The predicted octanol–water partition coefficient (Wildman–Crippen LogP) is 3.66. The summed E-state index contributed by atoms with van der Waals surface area (Å²) in [5.41, 5.74) is -0.104. The number of rotatable bonds is 5. The molecule has 1 aliphatic carbocycles. The molecule has 0 saturated heterocycles. The molecule has 126 valence electrons. The highest BCUT2D eigenvalue weighted by Crippen LogP contribution is 2.28. The van der Waals surface area contributed by atoms with E-state index in [-0.39, 0.29) is 17.9 Å². The quantitative estimate of drug-likeness (QED) is 0.901. The smallest absolute Gasteiger partial charge is 0.246 e. The number of anilines is 1. The summed E-state index contributed by atoms with van der Waals surface area (Å²) < 4.78 is 0. The van der Waals surface area contributed by atoms with Gasteiger partial charge >= 0.3 is 0 Å². The van der Waals surface area contributed by atoms with Gasteiger partial charge in [-0.3, -0.25) is 14.5 Å². The molecule has 2 rings (SSSR count). The van der Waals surface area contributed by atoms with Crippen molar-refractivity contribution in [2.24, 2.45) is 0 Å². The molecule has 0 aromatic heterocycles. The third-order valence-electron chi connectivity index (χ3n) is 4.94. The van der Waals surface area contributed by atoms with Crippen molar-refractivity contribution in [2.75, 3.05) is 4.90 Å². The maximum absolute atomic E-state index is 13.0. The zero-order chi connectivity index (χ0) is 16.9. The molecule has 2 amide bonds. The molecule has 1 aromatic carbocycles. The van der Waals surface area contributed by atoms with E-state index in [9.17, 15) is 9.59 Å². The van der Waals surface area contributed by atoms with Crippen molar-refractivity contribution < 1.29 is 9.59 Å². The summed E-state index contributed by atoms with van der Waals surface area (Å²) in [7, 11) is 0. The Hall–Kier alpha value is -1.84. The third kappa shape index (κ3) is 3.92. The first-order chi connectivity index (χ1) is 11.0. The van der Waals surface area contributed by atoms with E-state index >= 15 is 0 Å². The molecule has 0 aliphatic heterocycles. The van der Waals surface area contributed by atoms with E-state index in [0.717, 1.165) is 18.5 Å². The van der Waals surface area contributed by atoms with Gasteiger partial charge in [0.15, 0.2) is 0 Å². The molecule has 1 atom stereocenters. The molecule has 1 N–H and O–H groups in total. The summed E-state index contributed by atoms with van der Waals surface area (Å²) in [4.78, 5) is 26.9. The first kappa shape index (κ1) is 17.5. The number of carbonyl (C=O) groups is 2. The molecule has 1 fully saturated rings. The largest absolute Gasteiger partial charge is 0.351 e. The van der Waals surface area contributed by atoms with Crippen LogP contribution in [0.1, 0.15) is 59.3 Å². The number of carbonyl (C=O) groups excluding carboxylic acids is 2. The molecule has 0 heterocycles. The summed E-state index contributed by atoms with van der Waals surface area (Å²) in [6.07, 6.45) is 6.24. The molecule has 1 aliphatic rings. The van der Waals surface area contributed by atoms with E-state index in [1.165, 1.54) is 26.2 Å². The lowest BCUT2D eigenvalue weighted by atomic mass is 9.91. The minimum absolute atomic E-state index is 0.0500. The van der Waals surface area contributed by atoms with Gasteiger partial charge in [0.2, 0.25) is 11.8 Å². The Labute approximate surface area is 139 Å². The van der Waals surface area contributed by atoms with Crippen molar-refractivity contribution in [3.05, 3.63) is 30.3 Å². The molecular formula is C19H28N2O2. The van der Waals surface area contributed by atoms with Crippen molar-refractivity contribution in [3.63, 3.8) is 0 Å². The van der Waals surface area contributed by atoms with Gasteiger partial charge in [0, 0.05) is 18.7 Å². The van der Waals surface area contributed by atoms with Crippen molar-refractivity contribution in [1.82, 2.24) is 5.32 Å². The molecule has 4 heteroatoms. The summed E-state index contributed by atoms with van der Waals surface area (Å²) in [5, 5.41) is 3.18. The first-order valence-corrected chi connectivity index (χ1v) is 8.66. The minimum Gasteiger partial charge on any atom is -0.351 e. The Morgan fingerprint density at radius 2 is 1.78 bits per heavy atom. The number of para-hydroxylation sites is 1. The average Bonchev–Trinajstić information content (AvgIpc) is 2.56. The number of amides is 2. The highest BCUT2D eigenvalue weighted by atomic mass is 16.2. The summed E-state index contributed by atoms with van der Waals surface area (Å²) in [5.74, 6) is -0.162. The first-order valence-electron chi connectivity index (χ1n) is 8.66. The van der Waals surface area contributed by atoms with Crippen molar-refractivity contribution in [2.45, 2.75) is 70.9 Å². The van der Waals surface area contributed by atoms with Crippen molar-refractivity contribution in [3.8, 4) is 0 Å². The normalized spacial score (nSPS) is 18.0. The Bertz CT molecular complexity index is 538. The van der Waals surface area contributed by atoms with Gasteiger partial charge in [0.1, 0.15) is 5.54 Å². The highest BCUT2D eigenvalue weighted by molar-refractivity contribution is 6.02. The molecule has 0 radical (unpaired) electrons. The second kappa shape index (κ2) is 7.62. The molecule has 1 aromatic rings. The lowest BCUT2D eigenvalue weighted by Crippen LogP contribution is -2.60. The topological polar surface area (TPSA) is 49.4 Å². The molecular weight excluding hydrogens is 288 g/mol. The van der Waals surface area contributed by atoms with Gasteiger partial charge in [0.05, 0.1) is 0 Å². The Morgan fingerprint density at radius 1 is 1.17 bits per heavy atom. The minimum atomic E-state index is -0.870. The monoisotopic (exact) mass is 316 g/mol. The molecule has 0 unspecified atom stereocenters. The predicted molar refractivity (Wildman–Crippen MR) is 93.3 cm³/mol. The molecule has 0 bridgehead atoms. The van der Waals surface area contributed by atoms with Crippen LogP contribution in [0.25, 0.3) is 0 Å². The van der Waals surface area contributed by atoms with E-state index in [1.807, 2.05) is 44.2 Å². The number of hydrogen-bond donors (Lipinski definition) is 1. The van der Waals surface area contributed by atoms with Crippen molar-refractivity contribution >= 4 is 17.5 Å². The maximum Gasteiger partial charge on any atom is 0.246 e. The second-order valence-electron chi connectivity index (χ2n) is 6.63. The van der Waals surface area contributed by atoms with E-state index in [2.05, 4.69) is 5.32 Å². The molecule has 1 saturated carbocycles. The van der Waals surface area contributed by atoms with Crippen LogP contribution in [0.5, 0.6) is 0 Å². The van der Waals surface area contributed by atoms with Gasteiger partial charge in [-0.15, -0.1) is 0 Å². The number of nitrogens with zero attached hydrogens (tertiary/aromatic N) is 1. The zero-order valence-corrected chi connectivity index (χ0v) is 14.5. The van der Waals surface area contributed by atoms with Gasteiger partial charge in [-0.1, -0.05) is 44.4 Å².